The molecule has 1 aliphatic carbocycles. The zero-order valence-corrected chi connectivity index (χ0v) is 14.3. The van der Waals surface area contributed by atoms with Gasteiger partial charge in [-0.1, -0.05) is 0 Å². The number of fused-ring (bicyclic) bond motifs is 1. The minimum atomic E-state index is -1.73. The Morgan fingerprint density at radius 2 is 2.07 bits per heavy atom. The van der Waals surface area contributed by atoms with E-state index >= 15 is 4.39 Å². The number of benzene rings is 1. The minimum absolute atomic E-state index is 0.0494. The lowest BCUT2D eigenvalue weighted by atomic mass is 10.1. The molecule has 0 radical (unpaired) electrons. The van der Waals surface area contributed by atoms with E-state index in [1.807, 2.05) is 0 Å². The Morgan fingerprint density at radius 1 is 1.37 bits per heavy atom. The summed E-state index contributed by atoms with van der Waals surface area (Å²) in [4.78, 5) is 25.0. The average Bonchev–Trinajstić information content (AvgIpc) is 3.38. The lowest BCUT2D eigenvalue weighted by molar-refractivity contribution is 0.0694. The highest BCUT2D eigenvalue weighted by molar-refractivity contribution is 5.94. The van der Waals surface area contributed by atoms with Crippen molar-refractivity contribution in [2.24, 2.45) is 5.73 Å². The third kappa shape index (κ3) is 2.77. The molecule has 27 heavy (non-hydrogen) atoms. The van der Waals surface area contributed by atoms with Crippen molar-refractivity contribution in [2.45, 2.75) is 31.0 Å². The van der Waals surface area contributed by atoms with E-state index in [1.54, 1.807) is 0 Å². The predicted octanol–water partition coefficient (Wildman–Crippen LogP) is 2.19. The molecule has 1 aliphatic heterocycles. The van der Waals surface area contributed by atoms with Crippen LogP contribution in [0.2, 0.25) is 0 Å². The Morgan fingerprint density at radius 3 is 2.63 bits per heavy atom. The van der Waals surface area contributed by atoms with Gasteiger partial charge < -0.3 is 20.3 Å². The highest BCUT2D eigenvalue weighted by Gasteiger charge is 2.40. The number of anilines is 1. The molecule has 0 amide bonds. The smallest absolute Gasteiger partial charge is 0.341 e. The largest absolute Gasteiger partial charge is 0.477 e. The van der Waals surface area contributed by atoms with Crippen LogP contribution in [-0.2, 0) is 0 Å². The first-order valence-electron chi connectivity index (χ1n) is 8.70. The summed E-state index contributed by atoms with van der Waals surface area (Å²) in [5.41, 5.74) is 1.66. The molecule has 0 spiro atoms. The molecule has 144 valence electrons. The SMILES string of the molecule is NCC1(F)CCN(c2c(F)cc3c(=O)c(C(=O)O)cn(C4CC4)c3c2F)C1. The normalized spacial score (nSPS) is 22.6. The van der Waals surface area contributed by atoms with E-state index in [0.29, 0.717) is 12.8 Å². The second kappa shape index (κ2) is 5.98. The molecular weight excluding hydrogens is 363 g/mol. The van der Waals surface area contributed by atoms with E-state index in [4.69, 9.17) is 5.73 Å². The summed E-state index contributed by atoms with van der Waals surface area (Å²) in [7, 11) is 0. The molecule has 1 aromatic carbocycles. The minimum Gasteiger partial charge on any atom is -0.477 e. The van der Waals surface area contributed by atoms with E-state index in [-0.39, 0.29) is 43.0 Å². The van der Waals surface area contributed by atoms with Crippen molar-refractivity contribution in [3.8, 4) is 0 Å². The number of nitrogens with two attached hydrogens (primary N) is 1. The number of carbonyl (C=O) groups is 1. The lowest BCUT2D eigenvalue weighted by Crippen LogP contribution is -2.36. The molecule has 2 heterocycles. The highest BCUT2D eigenvalue weighted by atomic mass is 19.1. The van der Waals surface area contributed by atoms with Gasteiger partial charge in [0.05, 0.1) is 17.4 Å². The quantitative estimate of drug-likeness (QED) is 0.848. The van der Waals surface area contributed by atoms with Crippen LogP contribution in [0.25, 0.3) is 10.9 Å². The van der Waals surface area contributed by atoms with Gasteiger partial charge in [-0.2, -0.15) is 0 Å². The van der Waals surface area contributed by atoms with E-state index in [9.17, 15) is 23.5 Å². The number of aromatic nitrogens is 1. The summed E-state index contributed by atoms with van der Waals surface area (Å²) in [6.07, 6.45) is 2.56. The van der Waals surface area contributed by atoms with Gasteiger partial charge in [0.15, 0.2) is 5.82 Å². The molecule has 4 rings (SSSR count). The van der Waals surface area contributed by atoms with Crippen molar-refractivity contribution in [3.05, 3.63) is 39.7 Å². The van der Waals surface area contributed by atoms with E-state index in [1.165, 1.54) is 9.47 Å². The maximum Gasteiger partial charge on any atom is 0.341 e. The van der Waals surface area contributed by atoms with Gasteiger partial charge in [0.25, 0.3) is 0 Å². The van der Waals surface area contributed by atoms with Crippen molar-refractivity contribution in [1.82, 2.24) is 4.57 Å². The number of halogens is 3. The fraction of sp³-hybridized carbons (Fsp3) is 0.444. The van der Waals surface area contributed by atoms with Gasteiger partial charge in [0, 0.05) is 31.7 Å². The van der Waals surface area contributed by atoms with Crippen molar-refractivity contribution >= 4 is 22.6 Å². The van der Waals surface area contributed by atoms with Gasteiger partial charge in [-0.15, -0.1) is 0 Å². The first kappa shape index (κ1) is 17.8. The molecular formula is C18H18F3N3O3. The van der Waals surface area contributed by atoms with Gasteiger partial charge in [0.1, 0.15) is 22.7 Å². The van der Waals surface area contributed by atoms with Gasteiger partial charge in [-0.05, 0) is 18.9 Å². The standard InChI is InChI=1S/C18H18F3N3O3/c19-12-5-10-14(13(20)15(12)23-4-3-18(21,7-22)8-23)24(9-1-2-9)6-11(16(10)25)17(26)27/h5-6,9H,1-4,7-8,22H2,(H,26,27). The van der Waals surface area contributed by atoms with Crippen molar-refractivity contribution in [1.29, 1.82) is 0 Å². The molecule has 1 aromatic heterocycles. The maximum atomic E-state index is 15.4. The number of hydrogen-bond donors (Lipinski definition) is 2. The Bertz CT molecular complexity index is 1020. The molecule has 6 nitrogen and oxygen atoms in total. The second-order valence-corrected chi connectivity index (χ2v) is 7.26. The summed E-state index contributed by atoms with van der Waals surface area (Å²) in [5, 5.41) is 8.91. The number of alkyl halides is 1. The molecule has 0 bridgehead atoms. The van der Waals surface area contributed by atoms with Gasteiger partial charge in [-0.25, -0.2) is 18.0 Å². The third-order valence-electron chi connectivity index (χ3n) is 5.34. The molecule has 1 saturated heterocycles. The zero-order chi connectivity index (χ0) is 19.5. The Balaban J connectivity index is 1.96. The number of carboxylic acid groups (broad SMARTS) is 1. The van der Waals surface area contributed by atoms with Crippen LogP contribution in [0.1, 0.15) is 35.7 Å². The zero-order valence-electron chi connectivity index (χ0n) is 14.3. The lowest BCUT2D eigenvalue weighted by Gasteiger charge is -2.23. The van der Waals surface area contributed by atoms with Gasteiger partial charge in [-0.3, -0.25) is 4.79 Å². The monoisotopic (exact) mass is 381 g/mol. The Hall–Kier alpha value is -2.55. The average molecular weight is 381 g/mol. The summed E-state index contributed by atoms with van der Waals surface area (Å²) < 4.78 is 45.9. The van der Waals surface area contributed by atoms with Crippen molar-refractivity contribution in [3.63, 3.8) is 0 Å². The molecule has 1 saturated carbocycles. The fourth-order valence-corrected chi connectivity index (χ4v) is 3.71. The van der Waals surface area contributed by atoms with Gasteiger partial charge >= 0.3 is 5.97 Å². The van der Waals surface area contributed by atoms with Gasteiger partial charge in [0.2, 0.25) is 5.43 Å². The third-order valence-corrected chi connectivity index (χ3v) is 5.34. The Kier molecular flexibility index (Phi) is 3.95. The summed E-state index contributed by atoms with van der Waals surface area (Å²) >= 11 is 0. The molecule has 9 heteroatoms. The Labute approximate surface area is 152 Å². The number of hydrogen-bond acceptors (Lipinski definition) is 4. The number of carboxylic acids is 1. The topological polar surface area (TPSA) is 88.6 Å². The second-order valence-electron chi connectivity index (χ2n) is 7.26. The molecule has 2 fully saturated rings. The summed E-state index contributed by atoms with van der Waals surface area (Å²) in [6.45, 7) is -0.410. The predicted molar refractivity (Wildman–Crippen MR) is 93.1 cm³/mol. The number of rotatable bonds is 4. The van der Waals surface area contributed by atoms with Crippen LogP contribution in [0.4, 0.5) is 18.9 Å². The molecule has 3 N–H and O–H groups in total. The number of nitrogens with zero attached hydrogens (tertiary/aromatic N) is 2. The van der Waals surface area contributed by atoms with E-state index in [0.717, 1.165) is 12.3 Å². The van der Waals surface area contributed by atoms with E-state index in [2.05, 4.69) is 0 Å². The highest BCUT2D eigenvalue weighted by Crippen LogP contribution is 2.40. The van der Waals surface area contributed by atoms with Crippen LogP contribution in [0.3, 0.4) is 0 Å². The first-order chi connectivity index (χ1) is 12.8. The van der Waals surface area contributed by atoms with Crippen LogP contribution >= 0.6 is 0 Å². The molecule has 1 unspecified atom stereocenters. The molecule has 2 aromatic rings. The molecule has 2 aliphatic rings. The summed E-state index contributed by atoms with van der Waals surface area (Å²) in [6, 6.07) is 0.698. The fourth-order valence-electron chi connectivity index (χ4n) is 3.71. The van der Waals surface area contributed by atoms with Crippen LogP contribution in [0.15, 0.2) is 17.1 Å². The molecule has 1 atom stereocenters. The number of pyridine rings is 1. The maximum absolute atomic E-state index is 15.4. The van der Waals surface area contributed by atoms with Crippen LogP contribution in [-0.4, -0.2) is 40.9 Å². The van der Waals surface area contributed by atoms with E-state index < -0.39 is 40.0 Å². The number of aromatic carboxylic acids is 1. The van der Waals surface area contributed by atoms with Crippen molar-refractivity contribution < 1.29 is 23.1 Å². The van der Waals surface area contributed by atoms with Crippen LogP contribution < -0.4 is 16.1 Å². The summed E-state index contributed by atoms with van der Waals surface area (Å²) in [5.74, 6) is -3.46. The van der Waals surface area contributed by atoms with Crippen molar-refractivity contribution in [2.75, 3.05) is 24.5 Å². The first-order valence-corrected chi connectivity index (χ1v) is 8.70. The van der Waals surface area contributed by atoms with Crippen LogP contribution in [0, 0.1) is 11.6 Å². The van der Waals surface area contributed by atoms with Crippen LogP contribution in [0.5, 0.6) is 0 Å².